The Hall–Kier alpha value is -1.10. The molecule has 0 aromatic rings. The van der Waals surface area contributed by atoms with Gasteiger partial charge in [0.05, 0.1) is 12.2 Å². The van der Waals surface area contributed by atoms with E-state index < -0.39 is 0 Å². The van der Waals surface area contributed by atoms with Crippen LogP contribution in [0.4, 0.5) is 0 Å². The lowest BCUT2D eigenvalue weighted by molar-refractivity contribution is -0.146. The van der Waals surface area contributed by atoms with E-state index in [1.54, 1.807) is 0 Å². The maximum atomic E-state index is 11.1. The van der Waals surface area contributed by atoms with Crippen LogP contribution < -0.4 is 0 Å². The third kappa shape index (κ3) is 3.08. The van der Waals surface area contributed by atoms with Crippen LogP contribution in [0.2, 0.25) is 0 Å². The van der Waals surface area contributed by atoms with Crippen molar-refractivity contribution in [3.63, 3.8) is 0 Å². The van der Waals surface area contributed by atoms with Gasteiger partial charge in [-0.25, -0.2) is 0 Å². The summed E-state index contributed by atoms with van der Waals surface area (Å²) in [5.41, 5.74) is 0. The Morgan fingerprint density at radius 3 is 2.21 bits per heavy atom. The van der Waals surface area contributed by atoms with Gasteiger partial charge in [-0.15, -0.1) is 0 Å². The molecule has 3 aliphatic rings. The number of hydrogen-bond acceptors (Lipinski definition) is 5. The summed E-state index contributed by atoms with van der Waals surface area (Å²) in [6.07, 6.45) is 6.83. The summed E-state index contributed by atoms with van der Waals surface area (Å²) in [5, 5.41) is 0. The van der Waals surface area contributed by atoms with Gasteiger partial charge in [0.2, 0.25) is 0 Å². The highest BCUT2D eigenvalue weighted by Crippen LogP contribution is 2.32. The molecule has 3 aliphatic heterocycles. The Morgan fingerprint density at radius 2 is 1.53 bits per heavy atom. The van der Waals surface area contributed by atoms with E-state index in [0.29, 0.717) is 12.8 Å². The highest BCUT2D eigenvalue weighted by Gasteiger charge is 2.37. The minimum atomic E-state index is -0.102. The van der Waals surface area contributed by atoms with Crippen molar-refractivity contribution in [2.75, 3.05) is 0 Å². The molecule has 106 valence electrons. The molecule has 4 unspecified atom stereocenters. The predicted molar refractivity (Wildman–Crippen MR) is 65.4 cm³/mol. The number of carbonyl (C=O) groups is 2. The molecule has 5 nitrogen and oxygen atoms in total. The Labute approximate surface area is 112 Å². The minimum Gasteiger partial charge on any atom is -0.462 e. The normalized spacial score (nSPS) is 38.5. The van der Waals surface area contributed by atoms with Gasteiger partial charge < -0.3 is 14.2 Å². The molecule has 0 radical (unpaired) electrons. The molecule has 0 aromatic carbocycles. The number of rotatable bonds is 4. The molecule has 0 aromatic heterocycles. The van der Waals surface area contributed by atoms with Crippen molar-refractivity contribution in [1.29, 1.82) is 0 Å². The molecule has 0 spiro atoms. The largest absolute Gasteiger partial charge is 0.462 e. The molecule has 3 heterocycles. The van der Waals surface area contributed by atoms with E-state index >= 15 is 0 Å². The second-order valence-corrected chi connectivity index (χ2v) is 5.67. The summed E-state index contributed by atoms with van der Waals surface area (Å²) < 4.78 is 16.4. The molecule has 0 amide bonds. The van der Waals surface area contributed by atoms with Gasteiger partial charge in [-0.05, 0) is 38.5 Å². The van der Waals surface area contributed by atoms with Gasteiger partial charge in [0.1, 0.15) is 12.2 Å². The van der Waals surface area contributed by atoms with Crippen LogP contribution in [0, 0.1) is 0 Å². The second-order valence-electron chi connectivity index (χ2n) is 5.67. The number of hydrogen-bond donors (Lipinski definition) is 0. The van der Waals surface area contributed by atoms with Crippen LogP contribution in [-0.4, -0.2) is 36.4 Å². The zero-order valence-electron chi connectivity index (χ0n) is 11.0. The van der Waals surface area contributed by atoms with Gasteiger partial charge in [-0.3, -0.25) is 9.59 Å². The number of carbonyl (C=O) groups excluding carboxylic acids is 2. The fraction of sp³-hybridized carbons (Fsp3) is 0.857. The second kappa shape index (κ2) is 5.49. The number of ether oxygens (including phenoxy) is 3. The van der Waals surface area contributed by atoms with Gasteiger partial charge in [0.15, 0.2) is 0 Å². The average molecular weight is 268 g/mol. The van der Waals surface area contributed by atoms with E-state index in [-0.39, 0.29) is 36.4 Å². The first-order chi connectivity index (χ1) is 9.20. The molecule has 4 atom stereocenters. The van der Waals surface area contributed by atoms with Crippen molar-refractivity contribution in [2.24, 2.45) is 0 Å². The first-order valence-electron chi connectivity index (χ1n) is 7.25. The minimum absolute atomic E-state index is 0.0400. The van der Waals surface area contributed by atoms with Crippen molar-refractivity contribution >= 4 is 11.9 Å². The van der Waals surface area contributed by atoms with Gasteiger partial charge in [-0.1, -0.05) is 0 Å². The fourth-order valence-electron chi connectivity index (χ4n) is 3.19. The molecule has 3 saturated heterocycles. The Kier molecular flexibility index (Phi) is 3.73. The van der Waals surface area contributed by atoms with Crippen LogP contribution in [0.5, 0.6) is 0 Å². The molecule has 5 heteroatoms. The Balaban J connectivity index is 1.39. The van der Waals surface area contributed by atoms with E-state index in [0.717, 1.165) is 38.5 Å². The van der Waals surface area contributed by atoms with Crippen LogP contribution in [-0.2, 0) is 23.8 Å². The standard InChI is InChI=1S/C14H20O5/c15-13-7-4-10(18-13)2-1-9-3-5-11(17-9)12-6-8-14(16)19-12/h9-12H,1-8H2. The zero-order valence-corrected chi connectivity index (χ0v) is 11.0. The van der Waals surface area contributed by atoms with Crippen LogP contribution in [0.25, 0.3) is 0 Å². The first kappa shape index (κ1) is 12.9. The summed E-state index contributed by atoms with van der Waals surface area (Å²) >= 11 is 0. The maximum absolute atomic E-state index is 11.1. The number of cyclic esters (lactones) is 2. The van der Waals surface area contributed by atoms with E-state index in [2.05, 4.69) is 0 Å². The van der Waals surface area contributed by atoms with E-state index in [4.69, 9.17) is 14.2 Å². The van der Waals surface area contributed by atoms with Gasteiger partial charge in [-0.2, -0.15) is 0 Å². The smallest absolute Gasteiger partial charge is 0.306 e. The Morgan fingerprint density at radius 1 is 0.789 bits per heavy atom. The summed E-state index contributed by atoms with van der Waals surface area (Å²) in [4.78, 5) is 22.1. The van der Waals surface area contributed by atoms with Crippen molar-refractivity contribution in [3.05, 3.63) is 0 Å². The zero-order chi connectivity index (χ0) is 13.2. The van der Waals surface area contributed by atoms with Crippen LogP contribution >= 0.6 is 0 Å². The maximum Gasteiger partial charge on any atom is 0.306 e. The SMILES string of the molecule is O=C1CCC(CCC2CCC(C3CCC(=O)O3)O2)O1. The fourth-order valence-corrected chi connectivity index (χ4v) is 3.19. The van der Waals surface area contributed by atoms with Crippen molar-refractivity contribution < 1.29 is 23.8 Å². The first-order valence-corrected chi connectivity index (χ1v) is 7.25. The predicted octanol–water partition coefficient (Wildman–Crippen LogP) is 1.73. The van der Waals surface area contributed by atoms with Gasteiger partial charge in [0.25, 0.3) is 0 Å². The monoisotopic (exact) mass is 268 g/mol. The molecular formula is C14H20O5. The molecule has 0 aliphatic carbocycles. The molecule has 0 N–H and O–H groups in total. The van der Waals surface area contributed by atoms with Crippen molar-refractivity contribution in [1.82, 2.24) is 0 Å². The lowest BCUT2D eigenvalue weighted by Gasteiger charge is -2.19. The lowest BCUT2D eigenvalue weighted by atomic mass is 10.0. The molecule has 0 bridgehead atoms. The quantitative estimate of drug-likeness (QED) is 0.727. The van der Waals surface area contributed by atoms with Crippen LogP contribution in [0.3, 0.4) is 0 Å². The van der Waals surface area contributed by atoms with E-state index in [1.807, 2.05) is 0 Å². The van der Waals surface area contributed by atoms with Crippen LogP contribution in [0.15, 0.2) is 0 Å². The lowest BCUT2D eigenvalue weighted by Crippen LogP contribution is -2.26. The summed E-state index contributed by atoms with van der Waals surface area (Å²) in [6, 6.07) is 0. The third-order valence-electron chi connectivity index (χ3n) is 4.25. The summed E-state index contributed by atoms with van der Waals surface area (Å²) in [5.74, 6) is -0.178. The van der Waals surface area contributed by atoms with Crippen molar-refractivity contribution in [3.8, 4) is 0 Å². The van der Waals surface area contributed by atoms with Gasteiger partial charge in [0, 0.05) is 12.8 Å². The number of esters is 2. The summed E-state index contributed by atoms with van der Waals surface area (Å²) in [7, 11) is 0. The highest BCUT2D eigenvalue weighted by molar-refractivity contribution is 5.71. The molecule has 3 rings (SSSR count). The highest BCUT2D eigenvalue weighted by atomic mass is 16.6. The van der Waals surface area contributed by atoms with Crippen LogP contribution in [0.1, 0.15) is 51.4 Å². The molecular weight excluding hydrogens is 248 g/mol. The Bertz CT molecular complexity index is 367. The molecule has 3 fully saturated rings. The third-order valence-corrected chi connectivity index (χ3v) is 4.25. The molecule has 0 saturated carbocycles. The molecule has 19 heavy (non-hydrogen) atoms. The van der Waals surface area contributed by atoms with Gasteiger partial charge >= 0.3 is 11.9 Å². The van der Waals surface area contributed by atoms with E-state index in [9.17, 15) is 9.59 Å². The summed E-state index contributed by atoms with van der Waals surface area (Å²) in [6.45, 7) is 0. The van der Waals surface area contributed by atoms with E-state index in [1.165, 1.54) is 0 Å². The van der Waals surface area contributed by atoms with Crippen molar-refractivity contribution in [2.45, 2.75) is 75.8 Å². The average Bonchev–Trinajstić information content (AvgIpc) is 3.07. The topological polar surface area (TPSA) is 61.8 Å².